The lowest BCUT2D eigenvalue weighted by Gasteiger charge is -2.19. The molecule has 0 bridgehead atoms. The molecule has 1 aromatic carbocycles. The molecule has 1 aromatic heterocycles. The van der Waals surface area contributed by atoms with Crippen molar-refractivity contribution in [1.82, 2.24) is 4.98 Å². The molecule has 2 nitrogen and oxygen atoms in total. The number of aromatic nitrogens is 1. The van der Waals surface area contributed by atoms with Gasteiger partial charge >= 0.3 is 0 Å². The Balaban J connectivity index is 2.85. The minimum atomic E-state index is 0.483. The lowest BCUT2D eigenvalue weighted by molar-refractivity contribution is 0.847. The predicted molar refractivity (Wildman–Crippen MR) is 79.5 cm³/mol. The molecule has 0 saturated carbocycles. The van der Waals surface area contributed by atoms with Gasteiger partial charge in [-0.3, -0.25) is 4.98 Å². The first-order chi connectivity index (χ1) is 8.56. The zero-order chi connectivity index (χ0) is 13.3. The van der Waals surface area contributed by atoms with E-state index in [-0.39, 0.29) is 0 Å². The Labute approximate surface area is 109 Å². The van der Waals surface area contributed by atoms with Gasteiger partial charge in [-0.15, -0.1) is 0 Å². The summed E-state index contributed by atoms with van der Waals surface area (Å²) in [6, 6.07) is 6.40. The van der Waals surface area contributed by atoms with E-state index in [0.29, 0.717) is 5.92 Å². The summed E-state index contributed by atoms with van der Waals surface area (Å²) >= 11 is 0. The van der Waals surface area contributed by atoms with E-state index in [1.807, 2.05) is 0 Å². The van der Waals surface area contributed by atoms with Crippen LogP contribution in [0.15, 0.2) is 18.2 Å². The van der Waals surface area contributed by atoms with Crippen molar-refractivity contribution < 1.29 is 0 Å². The highest BCUT2D eigenvalue weighted by Crippen LogP contribution is 2.34. The third kappa shape index (κ3) is 2.07. The van der Waals surface area contributed by atoms with Gasteiger partial charge in [0.15, 0.2) is 0 Å². The minimum Gasteiger partial charge on any atom is -0.384 e. The molecule has 2 heteroatoms. The van der Waals surface area contributed by atoms with Crippen LogP contribution in [0.3, 0.4) is 0 Å². The van der Waals surface area contributed by atoms with Crippen LogP contribution in [0.25, 0.3) is 10.9 Å². The molecule has 0 atom stereocenters. The first-order valence-electron chi connectivity index (χ1n) is 6.70. The van der Waals surface area contributed by atoms with Crippen LogP contribution in [-0.4, -0.2) is 11.5 Å². The van der Waals surface area contributed by atoms with E-state index in [1.54, 1.807) is 0 Å². The standard InChI is InChI=1S/C16H22N2/c1-6-17-16-13-9-7-8-11(4)15(13)18-12(5)14(16)10(2)3/h7-10H,6H2,1-5H3,(H,17,18). The third-order valence-electron chi connectivity index (χ3n) is 3.38. The lowest BCUT2D eigenvalue weighted by atomic mass is 9.95. The number of anilines is 1. The molecule has 0 unspecified atom stereocenters. The van der Waals surface area contributed by atoms with Gasteiger partial charge in [0, 0.05) is 23.3 Å². The number of pyridine rings is 1. The second-order valence-corrected chi connectivity index (χ2v) is 5.14. The second-order valence-electron chi connectivity index (χ2n) is 5.14. The van der Waals surface area contributed by atoms with Crippen molar-refractivity contribution in [3.05, 3.63) is 35.0 Å². The molecule has 1 heterocycles. The van der Waals surface area contributed by atoms with Crippen LogP contribution in [0.5, 0.6) is 0 Å². The van der Waals surface area contributed by atoms with E-state index in [1.165, 1.54) is 22.2 Å². The predicted octanol–water partition coefficient (Wildman–Crippen LogP) is 4.41. The van der Waals surface area contributed by atoms with Crippen LogP contribution in [0.1, 0.15) is 43.5 Å². The van der Waals surface area contributed by atoms with Crippen LogP contribution in [-0.2, 0) is 0 Å². The number of benzene rings is 1. The third-order valence-corrected chi connectivity index (χ3v) is 3.38. The molecule has 0 aliphatic carbocycles. The van der Waals surface area contributed by atoms with Crippen LogP contribution >= 0.6 is 0 Å². The molecule has 96 valence electrons. The zero-order valence-electron chi connectivity index (χ0n) is 12.0. The summed E-state index contributed by atoms with van der Waals surface area (Å²) in [6.07, 6.45) is 0. The summed E-state index contributed by atoms with van der Waals surface area (Å²) in [4.78, 5) is 4.80. The number of rotatable bonds is 3. The molecular formula is C16H22N2. The van der Waals surface area contributed by atoms with E-state index in [2.05, 4.69) is 58.1 Å². The van der Waals surface area contributed by atoms with Gasteiger partial charge in [-0.1, -0.05) is 32.0 Å². The van der Waals surface area contributed by atoms with Crippen molar-refractivity contribution in [3.8, 4) is 0 Å². The van der Waals surface area contributed by atoms with Crippen LogP contribution < -0.4 is 5.32 Å². The Kier molecular flexibility index (Phi) is 3.55. The van der Waals surface area contributed by atoms with Crippen LogP contribution in [0.4, 0.5) is 5.69 Å². The smallest absolute Gasteiger partial charge is 0.0755 e. The number of para-hydroxylation sites is 1. The van der Waals surface area contributed by atoms with Gasteiger partial charge in [0.1, 0.15) is 0 Å². The van der Waals surface area contributed by atoms with Gasteiger partial charge < -0.3 is 5.32 Å². The lowest BCUT2D eigenvalue weighted by Crippen LogP contribution is -2.07. The van der Waals surface area contributed by atoms with Crippen molar-refractivity contribution in [3.63, 3.8) is 0 Å². The first-order valence-corrected chi connectivity index (χ1v) is 6.70. The Hall–Kier alpha value is -1.57. The molecule has 0 saturated heterocycles. The van der Waals surface area contributed by atoms with Crippen molar-refractivity contribution in [2.75, 3.05) is 11.9 Å². The van der Waals surface area contributed by atoms with E-state index in [4.69, 9.17) is 4.98 Å². The highest BCUT2D eigenvalue weighted by molar-refractivity contribution is 5.95. The fourth-order valence-corrected chi connectivity index (χ4v) is 2.64. The van der Waals surface area contributed by atoms with Gasteiger partial charge in [0.25, 0.3) is 0 Å². The number of hydrogen-bond acceptors (Lipinski definition) is 2. The minimum absolute atomic E-state index is 0.483. The maximum absolute atomic E-state index is 4.80. The maximum atomic E-state index is 4.80. The average molecular weight is 242 g/mol. The summed E-state index contributed by atoms with van der Waals surface area (Å²) in [5.74, 6) is 0.483. The molecule has 0 aliphatic rings. The number of aryl methyl sites for hydroxylation is 2. The molecule has 0 amide bonds. The van der Waals surface area contributed by atoms with Crippen molar-refractivity contribution in [2.45, 2.75) is 40.5 Å². The summed E-state index contributed by atoms with van der Waals surface area (Å²) in [7, 11) is 0. The number of nitrogens with one attached hydrogen (secondary N) is 1. The molecule has 1 N–H and O–H groups in total. The van der Waals surface area contributed by atoms with E-state index < -0.39 is 0 Å². The maximum Gasteiger partial charge on any atom is 0.0755 e. The van der Waals surface area contributed by atoms with E-state index in [9.17, 15) is 0 Å². The summed E-state index contributed by atoms with van der Waals surface area (Å²) < 4.78 is 0. The van der Waals surface area contributed by atoms with Gasteiger partial charge in [-0.25, -0.2) is 0 Å². The van der Waals surface area contributed by atoms with Crippen LogP contribution in [0, 0.1) is 13.8 Å². The quantitative estimate of drug-likeness (QED) is 0.862. The fraction of sp³-hybridized carbons (Fsp3) is 0.438. The Morgan fingerprint density at radius 1 is 1.22 bits per heavy atom. The number of hydrogen-bond donors (Lipinski definition) is 1. The van der Waals surface area contributed by atoms with Gasteiger partial charge in [-0.05, 0) is 37.8 Å². The zero-order valence-corrected chi connectivity index (χ0v) is 12.0. The molecule has 0 aliphatic heterocycles. The number of nitrogens with zero attached hydrogens (tertiary/aromatic N) is 1. The average Bonchev–Trinajstić information content (AvgIpc) is 2.30. The fourth-order valence-electron chi connectivity index (χ4n) is 2.64. The van der Waals surface area contributed by atoms with Crippen molar-refractivity contribution in [2.24, 2.45) is 0 Å². The van der Waals surface area contributed by atoms with Gasteiger partial charge in [-0.2, -0.15) is 0 Å². The molecule has 0 radical (unpaired) electrons. The van der Waals surface area contributed by atoms with E-state index in [0.717, 1.165) is 17.8 Å². The molecule has 0 spiro atoms. The Morgan fingerprint density at radius 2 is 1.94 bits per heavy atom. The molecule has 2 aromatic rings. The summed E-state index contributed by atoms with van der Waals surface area (Å²) in [5, 5.41) is 4.77. The SMILES string of the molecule is CCNc1c(C(C)C)c(C)nc2c(C)cccc12. The van der Waals surface area contributed by atoms with Crippen molar-refractivity contribution >= 4 is 16.6 Å². The summed E-state index contributed by atoms with van der Waals surface area (Å²) in [5.41, 5.74) is 6.11. The highest BCUT2D eigenvalue weighted by atomic mass is 14.9. The van der Waals surface area contributed by atoms with Crippen molar-refractivity contribution in [1.29, 1.82) is 0 Å². The Bertz CT molecular complexity index is 571. The Morgan fingerprint density at radius 3 is 2.56 bits per heavy atom. The van der Waals surface area contributed by atoms with Gasteiger partial charge in [0.2, 0.25) is 0 Å². The second kappa shape index (κ2) is 4.97. The topological polar surface area (TPSA) is 24.9 Å². The molecule has 18 heavy (non-hydrogen) atoms. The first kappa shape index (κ1) is 12.9. The van der Waals surface area contributed by atoms with E-state index >= 15 is 0 Å². The summed E-state index contributed by atoms with van der Waals surface area (Å²) in [6.45, 7) is 11.8. The largest absolute Gasteiger partial charge is 0.384 e. The normalized spacial score (nSPS) is 11.2. The molecule has 0 fully saturated rings. The monoisotopic (exact) mass is 242 g/mol. The van der Waals surface area contributed by atoms with Gasteiger partial charge in [0.05, 0.1) is 5.52 Å². The molecular weight excluding hydrogens is 220 g/mol. The number of fused-ring (bicyclic) bond motifs is 1. The molecule has 2 rings (SSSR count). The highest BCUT2D eigenvalue weighted by Gasteiger charge is 2.15. The van der Waals surface area contributed by atoms with Crippen LogP contribution in [0.2, 0.25) is 0 Å².